The van der Waals surface area contributed by atoms with E-state index in [0.29, 0.717) is 5.39 Å². The summed E-state index contributed by atoms with van der Waals surface area (Å²) < 4.78 is 0. The van der Waals surface area contributed by atoms with Crippen molar-refractivity contribution in [2.45, 2.75) is 6.42 Å². The summed E-state index contributed by atoms with van der Waals surface area (Å²) in [7, 11) is 0. The van der Waals surface area contributed by atoms with Crippen LogP contribution in [-0.2, 0) is 11.2 Å². The van der Waals surface area contributed by atoms with Crippen LogP contribution in [0, 0.1) is 10.1 Å². The third kappa shape index (κ3) is 1.65. The normalized spacial score (nSPS) is 10.2. The molecule has 0 saturated carbocycles. The molecule has 4 heteroatoms. The van der Waals surface area contributed by atoms with Crippen LogP contribution < -0.4 is 0 Å². The number of nitrogens with zero attached hydrogens (tertiary/aromatic N) is 1. The molecule has 0 radical (unpaired) electrons. The van der Waals surface area contributed by atoms with Gasteiger partial charge < -0.3 is 4.79 Å². The fourth-order valence-electron chi connectivity index (χ4n) is 1.77. The van der Waals surface area contributed by atoms with Gasteiger partial charge in [0, 0.05) is 12.5 Å². The average molecular weight is 215 g/mol. The fourth-order valence-corrected chi connectivity index (χ4v) is 1.77. The van der Waals surface area contributed by atoms with Crippen LogP contribution in [0.25, 0.3) is 10.8 Å². The highest BCUT2D eigenvalue weighted by molar-refractivity contribution is 5.94. The van der Waals surface area contributed by atoms with Crippen molar-refractivity contribution in [2.75, 3.05) is 0 Å². The fraction of sp³-hybridized carbons (Fsp3) is 0.0833. The Balaban J connectivity index is 2.76. The summed E-state index contributed by atoms with van der Waals surface area (Å²) in [4.78, 5) is 20.9. The Labute approximate surface area is 91.7 Å². The maximum Gasteiger partial charge on any atom is 0.277 e. The van der Waals surface area contributed by atoms with Crippen LogP contribution in [0.5, 0.6) is 0 Å². The molecule has 4 nitrogen and oxygen atoms in total. The minimum absolute atomic E-state index is 0.0743. The molecule has 0 heterocycles. The van der Waals surface area contributed by atoms with Crippen LogP contribution in [0.2, 0.25) is 0 Å². The van der Waals surface area contributed by atoms with Gasteiger partial charge >= 0.3 is 0 Å². The Morgan fingerprint density at radius 1 is 1.12 bits per heavy atom. The first-order valence-corrected chi connectivity index (χ1v) is 4.82. The Kier molecular flexibility index (Phi) is 2.64. The molecule has 0 amide bonds. The van der Waals surface area contributed by atoms with E-state index in [1.807, 2.05) is 0 Å². The van der Waals surface area contributed by atoms with Crippen molar-refractivity contribution in [1.82, 2.24) is 0 Å². The van der Waals surface area contributed by atoms with Gasteiger partial charge in [-0.1, -0.05) is 24.3 Å². The maximum absolute atomic E-state index is 10.8. The van der Waals surface area contributed by atoms with Crippen LogP contribution >= 0.6 is 0 Å². The van der Waals surface area contributed by atoms with E-state index in [9.17, 15) is 14.9 Å². The average Bonchev–Trinajstić information content (AvgIpc) is 2.29. The number of nitro groups is 1. The number of hydrogen-bond donors (Lipinski definition) is 0. The molecule has 0 aromatic heterocycles. The highest BCUT2D eigenvalue weighted by Gasteiger charge is 2.12. The van der Waals surface area contributed by atoms with Crippen LogP contribution in [0.1, 0.15) is 5.56 Å². The highest BCUT2D eigenvalue weighted by atomic mass is 16.6. The summed E-state index contributed by atoms with van der Waals surface area (Å²) >= 11 is 0. The largest absolute Gasteiger partial charge is 0.303 e. The van der Waals surface area contributed by atoms with Crippen molar-refractivity contribution in [3.8, 4) is 0 Å². The van der Waals surface area contributed by atoms with Gasteiger partial charge in [0.05, 0.1) is 10.3 Å². The quantitative estimate of drug-likeness (QED) is 0.449. The van der Waals surface area contributed by atoms with Crippen molar-refractivity contribution in [1.29, 1.82) is 0 Å². The molecule has 0 atom stereocenters. The van der Waals surface area contributed by atoms with Gasteiger partial charge in [-0.15, -0.1) is 0 Å². The van der Waals surface area contributed by atoms with Crippen LogP contribution in [0.4, 0.5) is 5.69 Å². The highest BCUT2D eigenvalue weighted by Crippen LogP contribution is 2.28. The number of non-ortho nitro benzene ring substituents is 1. The third-order valence-electron chi connectivity index (χ3n) is 2.49. The first-order valence-electron chi connectivity index (χ1n) is 4.82. The smallest absolute Gasteiger partial charge is 0.277 e. The van der Waals surface area contributed by atoms with Crippen LogP contribution in [-0.4, -0.2) is 11.2 Å². The lowest BCUT2D eigenvalue weighted by atomic mass is 10.0. The van der Waals surface area contributed by atoms with Crippen molar-refractivity contribution >= 4 is 22.7 Å². The van der Waals surface area contributed by atoms with E-state index in [1.54, 1.807) is 30.3 Å². The summed E-state index contributed by atoms with van der Waals surface area (Å²) in [5, 5.41) is 12.2. The SMILES string of the molecule is O=CCc1ccc([N+](=O)[O-])c2ccccc12. The molecule has 16 heavy (non-hydrogen) atoms. The molecule has 0 unspecified atom stereocenters. The number of carbonyl (C=O) groups excluding carboxylic acids is 1. The first-order chi connectivity index (χ1) is 7.74. The summed E-state index contributed by atoms with van der Waals surface area (Å²) in [6.07, 6.45) is 1.08. The van der Waals surface area contributed by atoms with Gasteiger partial charge in [0.2, 0.25) is 0 Å². The van der Waals surface area contributed by atoms with Crippen molar-refractivity contribution in [3.05, 3.63) is 52.1 Å². The lowest BCUT2D eigenvalue weighted by Crippen LogP contribution is -1.93. The van der Waals surface area contributed by atoms with E-state index >= 15 is 0 Å². The van der Waals surface area contributed by atoms with Gasteiger partial charge in [-0.3, -0.25) is 10.1 Å². The molecule has 2 aromatic rings. The minimum atomic E-state index is -0.410. The summed E-state index contributed by atoms with van der Waals surface area (Å²) in [5.41, 5.74) is 0.890. The topological polar surface area (TPSA) is 60.2 Å². The van der Waals surface area contributed by atoms with Gasteiger partial charge in [-0.25, -0.2) is 0 Å². The minimum Gasteiger partial charge on any atom is -0.303 e. The monoisotopic (exact) mass is 215 g/mol. The molecule has 0 fully saturated rings. The molecule has 0 N–H and O–H groups in total. The lowest BCUT2D eigenvalue weighted by molar-refractivity contribution is -0.383. The lowest BCUT2D eigenvalue weighted by Gasteiger charge is -2.03. The van der Waals surface area contributed by atoms with Crippen molar-refractivity contribution in [2.24, 2.45) is 0 Å². The van der Waals surface area contributed by atoms with E-state index in [4.69, 9.17) is 0 Å². The van der Waals surface area contributed by atoms with Gasteiger partial charge in [-0.05, 0) is 17.0 Å². The summed E-state index contributed by atoms with van der Waals surface area (Å²) in [6, 6.07) is 10.1. The number of aldehydes is 1. The number of rotatable bonds is 3. The summed E-state index contributed by atoms with van der Waals surface area (Å²) in [5.74, 6) is 0. The van der Waals surface area contributed by atoms with Gasteiger partial charge in [0.1, 0.15) is 6.29 Å². The number of fused-ring (bicyclic) bond motifs is 1. The van der Waals surface area contributed by atoms with E-state index in [-0.39, 0.29) is 12.1 Å². The van der Waals surface area contributed by atoms with Gasteiger partial charge in [-0.2, -0.15) is 0 Å². The zero-order valence-corrected chi connectivity index (χ0v) is 8.42. The Morgan fingerprint density at radius 2 is 1.81 bits per heavy atom. The molecule has 0 aliphatic heterocycles. The Morgan fingerprint density at radius 3 is 2.44 bits per heavy atom. The molecule has 2 aromatic carbocycles. The zero-order valence-electron chi connectivity index (χ0n) is 8.42. The summed E-state index contributed by atoms with van der Waals surface area (Å²) in [6.45, 7) is 0. The molecule has 0 spiro atoms. The van der Waals surface area contributed by atoms with Crippen molar-refractivity contribution in [3.63, 3.8) is 0 Å². The van der Waals surface area contributed by atoms with E-state index in [0.717, 1.165) is 17.2 Å². The second-order valence-corrected chi connectivity index (χ2v) is 3.42. The molecule has 80 valence electrons. The molecule has 0 saturated heterocycles. The molecular formula is C12H9NO3. The molecule has 0 aliphatic rings. The van der Waals surface area contributed by atoms with Crippen molar-refractivity contribution < 1.29 is 9.72 Å². The van der Waals surface area contributed by atoms with Crippen LogP contribution in [0.15, 0.2) is 36.4 Å². The Hall–Kier alpha value is -2.23. The number of carbonyl (C=O) groups is 1. The van der Waals surface area contributed by atoms with Gasteiger partial charge in [0.25, 0.3) is 5.69 Å². The predicted molar refractivity (Wildman–Crippen MR) is 60.4 cm³/mol. The van der Waals surface area contributed by atoms with E-state index < -0.39 is 4.92 Å². The molecule has 2 rings (SSSR count). The maximum atomic E-state index is 10.8. The van der Waals surface area contributed by atoms with Crippen LogP contribution in [0.3, 0.4) is 0 Å². The Bertz CT molecular complexity index is 563. The van der Waals surface area contributed by atoms with E-state index in [2.05, 4.69) is 0 Å². The second kappa shape index (κ2) is 4.10. The molecule has 0 aliphatic carbocycles. The van der Waals surface area contributed by atoms with E-state index in [1.165, 1.54) is 6.07 Å². The standard InChI is InChI=1S/C12H9NO3/c14-8-7-9-5-6-12(13(15)16)11-4-2-1-3-10(9)11/h1-6,8H,7H2. The second-order valence-electron chi connectivity index (χ2n) is 3.42. The predicted octanol–water partition coefficient (Wildman–Crippen LogP) is 2.49. The molecular weight excluding hydrogens is 206 g/mol. The first kappa shape index (κ1) is 10.3. The third-order valence-corrected chi connectivity index (χ3v) is 2.49. The van der Waals surface area contributed by atoms with Gasteiger partial charge in [0.15, 0.2) is 0 Å². The molecule has 0 bridgehead atoms. The zero-order chi connectivity index (χ0) is 11.5. The number of hydrogen-bond acceptors (Lipinski definition) is 3. The number of benzene rings is 2. The number of nitro benzene ring substituents is 1.